The van der Waals surface area contributed by atoms with Gasteiger partial charge in [-0.3, -0.25) is 9.79 Å². The zero-order valence-electron chi connectivity index (χ0n) is 18.4. The molecule has 168 valence electrons. The molecule has 1 unspecified atom stereocenters. The lowest BCUT2D eigenvalue weighted by Gasteiger charge is -2.42. The number of nitrogens with one attached hydrogen (secondary N) is 1. The number of nitrogens with zero attached hydrogens (tertiary/aromatic N) is 1. The molecular formula is C27H27N3O2S. The molecule has 1 amide bonds. The van der Waals surface area contributed by atoms with Crippen molar-refractivity contribution in [1.29, 1.82) is 0 Å². The molecule has 5 rings (SSSR count). The molecule has 5 nitrogen and oxygen atoms in total. The minimum atomic E-state index is -0.170. The van der Waals surface area contributed by atoms with E-state index in [0.717, 1.165) is 42.9 Å². The van der Waals surface area contributed by atoms with Crippen LogP contribution >= 0.6 is 11.3 Å². The minimum absolute atomic E-state index is 0.0615. The van der Waals surface area contributed by atoms with Crippen LogP contribution in [-0.4, -0.2) is 31.4 Å². The highest BCUT2D eigenvalue weighted by Gasteiger charge is 2.41. The number of aliphatic imine (C=N–C) groups is 1. The molecule has 3 N–H and O–H groups in total. The fourth-order valence-corrected chi connectivity index (χ4v) is 5.53. The first-order valence-electron chi connectivity index (χ1n) is 11.3. The van der Waals surface area contributed by atoms with Gasteiger partial charge in [0.05, 0.1) is 17.4 Å². The number of hydrogen-bond donors (Lipinski definition) is 2. The molecule has 2 aliphatic heterocycles. The Labute approximate surface area is 198 Å². The van der Waals surface area contributed by atoms with Gasteiger partial charge in [0.2, 0.25) is 0 Å². The van der Waals surface area contributed by atoms with Gasteiger partial charge in [0, 0.05) is 35.3 Å². The van der Waals surface area contributed by atoms with Crippen LogP contribution in [0.2, 0.25) is 0 Å². The van der Waals surface area contributed by atoms with Crippen LogP contribution in [0.1, 0.15) is 35.2 Å². The summed E-state index contributed by atoms with van der Waals surface area (Å²) < 4.78 is 5.67. The number of dihydropyridines is 1. The van der Waals surface area contributed by atoms with E-state index in [1.54, 1.807) is 11.3 Å². The predicted molar refractivity (Wildman–Crippen MR) is 136 cm³/mol. The second-order valence-corrected chi connectivity index (χ2v) is 9.50. The topological polar surface area (TPSA) is 76.7 Å². The fourth-order valence-electron chi connectivity index (χ4n) is 4.81. The highest BCUT2D eigenvalue weighted by atomic mass is 32.1. The van der Waals surface area contributed by atoms with Crippen molar-refractivity contribution in [2.24, 2.45) is 4.99 Å². The lowest BCUT2D eigenvalue weighted by atomic mass is 9.67. The standard InChI is InChI=1S/C27H27N3O2S/c28-22-11-8-20(24-4-3-17-33-24)18-23(22)30-26(31)19-6-9-21(10-7-19)27(12-15-32-16-13-27)25-5-1-2-14-29-25/h1-4,6-11,14,17-18,25H,5,12-13,15-16,28H2,(H,30,31). The number of rotatable bonds is 5. The Kier molecular flexibility index (Phi) is 6.11. The Hall–Kier alpha value is -3.22. The number of thiophene rings is 1. The van der Waals surface area contributed by atoms with E-state index in [1.165, 1.54) is 5.56 Å². The highest BCUT2D eigenvalue weighted by Crippen LogP contribution is 2.41. The van der Waals surface area contributed by atoms with Crippen LogP contribution in [-0.2, 0) is 10.2 Å². The molecule has 0 aliphatic carbocycles. The Morgan fingerprint density at radius 1 is 1.12 bits per heavy atom. The lowest BCUT2D eigenvalue weighted by molar-refractivity contribution is 0.0406. The summed E-state index contributed by atoms with van der Waals surface area (Å²) in [4.78, 5) is 18.9. The maximum absolute atomic E-state index is 13.0. The van der Waals surface area contributed by atoms with E-state index in [9.17, 15) is 4.79 Å². The largest absolute Gasteiger partial charge is 0.397 e. The van der Waals surface area contributed by atoms with Gasteiger partial charge in [-0.25, -0.2) is 0 Å². The fraction of sp³-hybridized carbons (Fsp3) is 0.259. The molecule has 0 saturated carbocycles. The number of nitrogens with two attached hydrogens (primary N) is 1. The summed E-state index contributed by atoms with van der Waals surface area (Å²) in [5, 5.41) is 5.02. The monoisotopic (exact) mass is 457 g/mol. The van der Waals surface area contributed by atoms with Crippen LogP contribution in [0.3, 0.4) is 0 Å². The first kappa shape index (κ1) is 21.6. The first-order valence-corrected chi connectivity index (χ1v) is 12.1. The third kappa shape index (κ3) is 4.36. The van der Waals surface area contributed by atoms with Gasteiger partial charge in [-0.15, -0.1) is 11.3 Å². The van der Waals surface area contributed by atoms with Crippen molar-refractivity contribution in [2.45, 2.75) is 30.7 Å². The van der Waals surface area contributed by atoms with Gasteiger partial charge in [0.15, 0.2) is 0 Å². The summed E-state index contributed by atoms with van der Waals surface area (Å²) in [5.74, 6) is -0.170. The minimum Gasteiger partial charge on any atom is -0.397 e. The Morgan fingerprint density at radius 2 is 1.94 bits per heavy atom. The maximum atomic E-state index is 13.0. The van der Waals surface area contributed by atoms with Gasteiger partial charge in [-0.05, 0) is 72.2 Å². The summed E-state index contributed by atoms with van der Waals surface area (Å²) >= 11 is 1.66. The second kappa shape index (κ2) is 9.33. The van der Waals surface area contributed by atoms with Gasteiger partial charge >= 0.3 is 0 Å². The molecule has 0 spiro atoms. The lowest BCUT2D eigenvalue weighted by Crippen LogP contribution is -2.43. The molecule has 1 atom stereocenters. The third-order valence-corrected chi connectivity index (χ3v) is 7.62. The Bertz CT molecular complexity index is 1180. The predicted octanol–water partition coefficient (Wildman–Crippen LogP) is 5.70. The van der Waals surface area contributed by atoms with Gasteiger partial charge in [-0.1, -0.05) is 30.3 Å². The normalized spacial score (nSPS) is 19.3. The smallest absolute Gasteiger partial charge is 0.255 e. The van der Waals surface area contributed by atoms with Crippen LogP contribution in [0.15, 0.2) is 77.1 Å². The number of ether oxygens (including phenoxy) is 1. The number of hydrogen-bond acceptors (Lipinski definition) is 5. The summed E-state index contributed by atoms with van der Waals surface area (Å²) in [6.45, 7) is 1.47. The molecule has 0 bridgehead atoms. The van der Waals surface area contributed by atoms with Crippen LogP contribution in [0, 0.1) is 0 Å². The molecule has 3 heterocycles. The SMILES string of the molecule is Nc1ccc(-c2cccs2)cc1NC(=O)c1ccc(C2(C3CC=CC=N3)CCOCC2)cc1. The molecule has 1 fully saturated rings. The molecule has 0 radical (unpaired) electrons. The quantitative estimate of drug-likeness (QED) is 0.483. The zero-order chi connectivity index (χ0) is 22.7. The summed E-state index contributed by atoms with van der Waals surface area (Å²) in [6.07, 6.45) is 8.89. The second-order valence-electron chi connectivity index (χ2n) is 8.56. The van der Waals surface area contributed by atoms with E-state index >= 15 is 0 Å². The zero-order valence-corrected chi connectivity index (χ0v) is 19.2. The van der Waals surface area contributed by atoms with Crippen LogP contribution in [0.5, 0.6) is 0 Å². The van der Waals surface area contributed by atoms with Crippen LogP contribution < -0.4 is 11.1 Å². The van der Waals surface area contributed by atoms with Crippen molar-refractivity contribution in [3.05, 3.63) is 83.3 Å². The summed E-state index contributed by atoms with van der Waals surface area (Å²) in [7, 11) is 0. The van der Waals surface area contributed by atoms with E-state index in [4.69, 9.17) is 15.5 Å². The average molecular weight is 458 g/mol. The van der Waals surface area contributed by atoms with Gasteiger partial charge in [-0.2, -0.15) is 0 Å². The summed E-state index contributed by atoms with van der Waals surface area (Å²) in [6, 6.07) is 18.0. The Balaban J connectivity index is 1.37. The van der Waals surface area contributed by atoms with Gasteiger partial charge < -0.3 is 15.8 Å². The van der Waals surface area contributed by atoms with Gasteiger partial charge in [0.25, 0.3) is 5.91 Å². The molecular weight excluding hydrogens is 430 g/mol. The van der Waals surface area contributed by atoms with Crippen molar-refractivity contribution in [3.63, 3.8) is 0 Å². The number of benzene rings is 2. The van der Waals surface area contributed by atoms with Crippen molar-refractivity contribution in [3.8, 4) is 10.4 Å². The van der Waals surface area contributed by atoms with E-state index in [-0.39, 0.29) is 17.4 Å². The van der Waals surface area contributed by atoms with E-state index in [1.807, 2.05) is 54.1 Å². The molecule has 1 aromatic heterocycles. The van der Waals surface area contributed by atoms with Crippen molar-refractivity contribution >= 4 is 34.8 Å². The number of anilines is 2. The molecule has 1 saturated heterocycles. The van der Waals surface area contributed by atoms with Crippen molar-refractivity contribution in [1.82, 2.24) is 0 Å². The average Bonchev–Trinajstić information content (AvgIpc) is 3.41. The van der Waals surface area contributed by atoms with Crippen molar-refractivity contribution in [2.75, 3.05) is 24.3 Å². The van der Waals surface area contributed by atoms with Crippen LogP contribution in [0.4, 0.5) is 11.4 Å². The molecule has 3 aromatic rings. The molecule has 2 aliphatic rings. The first-order chi connectivity index (χ1) is 16.2. The van der Waals surface area contributed by atoms with Crippen molar-refractivity contribution < 1.29 is 9.53 Å². The van der Waals surface area contributed by atoms with Gasteiger partial charge in [0.1, 0.15) is 0 Å². The third-order valence-electron chi connectivity index (χ3n) is 6.70. The number of allylic oxidation sites excluding steroid dienone is 1. The number of carbonyl (C=O) groups excluding carboxylic acids is 1. The summed E-state index contributed by atoms with van der Waals surface area (Å²) in [5.41, 5.74) is 10.1. The number of carbonyl (C=O) groups is 1. The number of nitrogen functional groups attached to an aromatic ring is 1. The highest BCUT2D eigenvalue weighted by molar-refractivity contribution is 7.13. The molecule has 2 aromatic carbocycles. The molecule has 6 heteroatoms. The van der Waals surface area contributed by atoms with E-state index in [0.29, 0.717) is 16.9 Å². The molecule has 33 heavy (non-hydrogen) atoms. The number of amides is 1. The Morgan fingerprint density at radius 3 is 2.64 bits per heavy atom. The van der Waals surface area contributed by atoms with E-state index < -0.39 is 0 Å². The van der Waals surface area contributed by atoms with E-state index in [2.05, 4.69) is 29.6 Å². The maximum Gasteiger partial charge on any atom is 0.255 e. The van der Waals surface area contributed by atoms with Crippen LogP contribution in [0.25, 0.3) is 10.4 Å².